The summed E-state index contributed by atoms with van der Waals surface area (Å²) >= 11 is 1.64. The number of aryl methyl sites for hydroxylation is 1. The average molecular weight is 359 g/mol. The molecular formula is C20H26N2O2S. The van der Waals surface area contributed by atoms with Crippen LogP contribution in [0.25, 0.3) is 10.6 Å². The highest BCUT2D eigenvalue weighted by Gasteiger charge is 2.07. The van der Waals surface area contributed by atoms with Gasteiger partial charge in [0.1, 0.15) is 15.8 Å². The number of nitrogens with zero attached hydrogens (tertiary/aromatic N) is 2. The first-order chi connectivity index (χ1) is 12.2. The lowest BCUT2D eigenvalue weighted by molar-refractivity contribution is -0.129. The highest BCUT2D eigenvalue weighted by Crippen LogP contribution is 2.26. The van der Waals surface area contributed by atoms with Crippen molar-refractivity contribution in [3.05, 3.63) is 41.4 Å². The van der Waals surface area contributed by atoms with Gasteiger partial charge in [-0.25, -0.2) is 4.79 Å². The number of hydrogen-bond acceptors (Lipinski definition) is 5. The van der Waals surface area contributed by atoms with Crippen LogP contribution in [-0.4, -0.2) is 16.2 Å². The maximum atomic E-state index is 11.7. The van der Waals surface area contributed by atoms with Gasteiger partial charge in [-0.2, -0.15) is 0 Å². The fraction of sp³-hybridized carbons (Fsp3) is 0.450. The van der Waals surface area contributed by atoms with Gasteiger partial charge in [0.15, 0.2) is 0 Å². The number of allylic oxidation sites excluding steroid dienone is 1. The van der Waals surface area contributed by atoms with Crippen LogP contribution in [0, 0.1) is 0 Å². The lowest BCUT2D eigenvalue weighted by Gasteiger charge is -2.02. The van der Waals surface area contributed by atoms with Crippen LogP contribution < -0.4 is 4.74 Å². The standard InChI is InChI=1S/C20H26N2O2S/c1-3-5-7-9-10-18-21-22-20(25-18)16-12-14-17(15-13-16)24-19(23)11-8-6-4-2/h8,11-15H,3-7,9-10H2,1-2H3/b11-8+. The van der Waals surface area contributed by atoms with Crippen LogP contribution >= 0.6 is 11.3 Å². The highest BCUT2D eigenvalue weighted by atomic mass is 32.1. The zero-order valence-electron chi connectivity index (χ0n) is 15.0. The average Bonchev–Trinajstić information content (AvgIpc) is 3.08. The molecule has 0 N–H and O–H groups in total. The summed E-state index contributed by atoms with van der Waals surface area (Å²) in [6.07, 6.45) is 11.1. The predicted molar refractivity (Wildman–Crippen MR) is 103 cm³/mol. The van der Waals surface area contributed by atoms with Gasteiger partial charge in [0, 0.05) is 18.1 Å². The lowest BCUT2D eigenvalue weighted by Crippen LogP contribution is -2.03. The molecule has 0 aliphatic heterocycles. The largest absolute Gasteiger partial charge is 0.423 e. The van der Waals surface area contributed by atoms with Gasteiger partial charge in [0.25, 0.3) is 0 Å². The molecule has 25 heavy (non-hydrogen) atoms. The zero-order chi connectivity index (χ0) is 17.9. The summed E-state index contributed by atoms with van der Waals surface area (Å²) in [6.45, 7) is 4.28. The van der Waals surface area contributed by atoms with Gasteiger partial charge in [0.05, 0.1) is 0 Å². The first-order valence-corrected chi connectivity index (χ1v) is 9.85. The SMILES string of the molecule is CCC/C=C/C(=O)Oc1ccc(-c2nnc(CCCCCC)s2)cc1. The zero-order valence-corrected chi connectivity index (χ0v) is 15.8. The monoisotopic (exact) mass is 358 g/mol. The van der Waals surface area contributed by atoms with Crippen LogP contribution in [0.2, 0.25) is 0 Å². The number of aromatic nitrogens is 2. The van der Waals surface area contributed by atoms with E-state index in [2.05, 4.69) is 24.0 Å². The normalized spacial score (nSPS) is 11.1. The van der Waals surface area contributed by atoms with Crippen molar-refractivity contribution in [2.45, 2.75) is 58.8 Å². The molecule has 0 fully saturated rings. The van der Waals surface area contributed by atoms with Gasteiger partial charge in [-0.1, -0.05) is 56.9 Å². The van der Waals surface area contributed by atoms with E-state index >= 15 is 0 Å². The van der Waals surface area contributed by atoms with Gasteiger partial charge in [-0.3, -0.25) is 0 Å². The van der Waals surface area contributed by atoms with E-state index in [0.717, 1.165) is 34.8 Å². The Morgan fingerprint density at radius 3 is 2.60 bits per heavy atom. The van der Waals surface area contributed by atoms with E-state index in [1.807, 2.05) is 18.2 Å². The Hall–Kier alpha value is -2.01. The minimum absolute atomic E-state index is 0.341. The van der Waals surface area contributed by atoms with E-state index in [1.54, 1.807) is 23.5 Å². The Morgan fingerprint density at radius 2 is 1.88 bits per heavy atom. The van der Waals surface area contributed by atoms with E-state index < -0.39 is 0 Å². The van der Waals surface area contributed by atoms with Crippen LogP contribution in [0.4, 0.5) is 0 Å². The lowest BCUT2D eigenvalue weighted by atomic mass is 10.2. The van der Waals surface area contributed by atoms with Crippen LogP contribution in [-0.2, 0) is 11.2 Å². The third kappa shape index (κ3) is 6.78. The summed E-state index contributed by atoms with van der Waals surface area (Å²) in [6, 6.07) is 7.42. The molecule has 0 atom stereocenters. The van der Waals surface area contributed by atoms with Crippen LogP contribution in [0.5, 0.6) is 5.75 Å². The van der Waals surface area contributed by atoms with Crippen molar-refractivity contribution in [1.29, 1.82) is 0 Å². The van der Waals surface area contributed by atoms with E-state index in [-0.39, 0.29) is 5.97 Å². The molecule has 1 heterocycles. The maximum absolute atomic E-state index is 11.7. The van der Waals surface area contributed by atoms with Gasteiger partial charge < -0.3 is 4.74 Å². The number of benzene rings is 1. The molecule has 0 radical (unpaired) electrons. The smallest absolute Gasteiger partial charge is 0.335 e. The third-order valence-corrected chi connectivity index (χ3v) is 4.77. The quantitative estimate of drug-likeness (QED) is 0.240. The number of rotatable bonds is 10. The summed E-state index contributed by atoms with van der Waals surface area (Å²) < 4.78 is 5.27. The molecule has 1 aromatic heterocycles. The van der Waals surface area contributed by atoms with E-state index in [4.69, 9.17) is 4.74 Å². The molecule has 0 spiro atoms. The van der Waals surface area contributed by atoms with Gasteiger partial charge >= 0.3 is 5.97 Å². The first kappa shape index (κ1) is 19.3. The van der Waals surface area contributed by atoms with Crippen LogP contribution in [0.15, 0.2) is 36.4 Å². The number of hydrogen-bond donors (Lipinski definition) is 0. The summed E-state index contributed by atoms with van der Waals surface area (Å²) in [4.78, 5) is 11.7. The second-order valence-corrected chi connectivity index (χ2v) is 7.01. The topological polar surface area (TPSA) is 52.1 Å². The fourth-order valence-electron chi connectivity index (χ4n) is 2.34. The first-order valence-electron chi connectivity index (χ1n) is 9.04. The van der Waals surface area contributed by atoms with E-state index in [0.29, 0.717) is 5.75 Å². The molecule has 0 aliphatic rings. The van der Waals surface area contributed by atoms with E-state index in [9.17, 15) is 4.79 Å². The number of carbonyl (C=O) groups excluding carboxylic acids is 1. The molecule has 2 rings (SSSR count). The van der Waals surface area contributed by atoms with Crippen molar-refractivity contribution in [3.63, 3.8) is 0 Å². The summed E-state index contributed by atoms with van der Waals surface area (Å²) in [7, 11) is 0. The molecule has 0 aliphatic carbocycles. The van der Waals surface area contributed by atoms with Crippen molar-refractivity contribution in [2.24, 2.45) is 0 Å². The minimum Gasteiger partial charge on any atom is -0.423 e. The highest BCUT2D eigenvalue weighted by molar-refractivity contribution is 7.14. The molecule has 0 bridgehead atoms. The van der Waals surface area contributed by atoms with Crippen LogP contribution in [0.3, 0.4) is 0 Å². The van der Waals surface area contributed by atoms with Crippen molar-refractivity contribution in [1.82, 2.24) is 10.2 Å². The molecule has 0 saturated heterocycles. The Balaban J connectivity index is 1.89. The Kier molecular flexibility index (Phi) is 8.32. The summed E-state index contributed by atoms with van der Waals surface area (Å²) in [5.41, 5.74) is 0.999. The van der Waals surface area contributed by atoms with Gasteiger partial charge in [-0.15, -0.1) is 10.2 Å². The molecule has 0 amide bonds. The van der Waals surface area contributed by atoms with Crippen molar-refractivity contribution < 1.29 is 9.53 Å². The number of esters is 1. The van der Waals surface area contributed by atoms with Crippen molar-refractivity contribution in [3.8, 4) is 16.3 Å². The summed E-state index contributed by atoms with van der Waals surface area (Å²) in [5.74, 6) is 0.200. The minimum atomic E-state index is -0.341. The van der Waals surface area contributed by atoms with Gasteiger partial charge in [-0.05, 0) is 37.1 Å². The van der Waals surface area contributed by atoms with Crippen molar-refractivity contribution in [2.75, 3.05) is 0 Å². The van der Waals surface area contributed by atoms with Gasteiger partial charge in [0.2, 0.25) is 0 Å². The number of carbonyl (C=O) groups is 1. The molecule has 1 aromatic carbocycles. The number of unbranched alkanes of at least 4 members (excludes halogenated alkanes) is 4. The maximum Gasteiger partial charge on any atom is 0.335 e. The molecule has 2 aromatic rings. The third-order valence-electron chi connectivity index (χ3n) is 3.74. The molecule has 5 heteroatoms. The van der Waals surface area contributed by atoms with E-state index in [1.165, 1.54) is 31.8 Å². The predicted octanol–water partition coefficient (Wildman–Crippen LogP) is 5.59. The molecule has 0 unspecified atom stereocenters. The second-order valence-electron chi connectivity index (χ2n) is 5.95. The Labute approximate surface area is 154 Å². The Bertz CT molecular complexity index is 677. The molecule has 0 saturated carbocycles. The Morgan fingerprint density at radius 1 is 1.08 bits per heavy atom. The van der Waals surface area contributed by atoms with Crippen LogP contribution in [0.1, 0.15) is 57.4 Å². The van der Waals surface area contributed by atoms with Crippen molar-refractivity contribution >= 4 is 17.3 Å². The molecule has 134 valence electrons. The second kappa shape index (κ2) is 10.8. The molecular weight excluding hydrogens is 332 g/mol. The molecule has 4 nitrogen and oxygen atoms in total. The number of ether oxygens (including phenoxy) is 1. The fourth-order valence-corrected chi connectivity index (χ4v) is 3.22. The summed E-state index contributed by atoms with van der Waals surface area (Å²) in [5, 5.41) is 10.5.